The Morgan fingerprint density at radius 1 is 1.03 bits per heavy atom. The van der Waals surface area contributed by atoms with E-state index in [0.717, 1.165) is 71.3 Å². The SMILES string of the molecule is CCOCCCCNC(=NC)NCCCCN1CCN(c2cccc(C)c2)CC1. The summed E-state index contributed by atoms with van der Waals surface area (Å²) in [7, 11) is 1.84. The smallest absolute Gasteiger partial charge is 0.190 e. The molecule has 0 unspecified atom stereocenters. The van der Waals surface area contributed by atoms with E-state index in [9.17, 15) is 0 Å². The molecule has 1 fully saturated rings. The summed E-state index contributed by atoms with van der Waals surface area (Å²) in [5.74, 6) is 0.910. The van der Waals surface area contributed by atoms with Gasteiger partial charge >= 0.3 is 0 Å². The zero-order valence-electron chi connectivity index (χ0n) is 18.8. The minimum Gasteiger partial charge on any atom is -0.382 e. The van der Waals surface area contributed by atoms with Gasteiger partial charge in [0.1, 0.15) is 0 Å². The first kappa shape index (κ1) is 23.5. The van der Waals surface area contributed by atoms with Crippen molar-refractivity contribution >= 4 is 11.6 Å². The van der Waals surface area contributed by atoms with E-state index in [0.29, 0.717) is 0 Å². The maximum absolute atomic E-state index is 5.36. The second-order valence-corrected chi connectivity index (χ2v) is 7.70. The number of guanidine groups is 1. The lowest BCUT2D eigenvalue weighted by molar-refractivity contribution is 0.143. The molecule has 1 aliphatic heterocycles. The molecule has 164 valence electrons. The first-order valence-electron chi connectivity index (χ1n) is 11.3. The Bertz CT molecular complexity index is 584. The summed E-state index contributed by atoms with van der Waals surface area (Å²) in [6, 6.07) is 8.85. The van der Waals surface area contributed by atoms with Gasteiger partial charge in [-0.25, -0.2) is 0 Å². The lowest BCUT2D eigenvalue weighted by Gasteiger charge is -2.36. The van der Waals surface area contributed by atoms with Gasteiger partial charge in [-0.15, -0.1) is 0 Å². The van der Waals surface area contributed by atoms with E-state index in [4.69, 9.17) is 4.74 Å². The van der Waals surface area contributed by atoms with Gasteiger partial charge in [0, 0.05) is 65.2 Å². The molecule has 1 heterocycles. The number of aryl methyl sites for hydroxylation is 1. The van der Waals surface area contributed by atoms with Crippen LogP contribution in [0.4, 0.5) is 5.69 Å². The highest BCUT2D eigenvalue weighted by molar-refractivity contribution is 5.79. The van der Waals surface area contributed by atoms with Crippen molar-refractivity contribution in [1.82, 2.24) is 15.5 Å². The van der Waals surface area contributed by atoms with Crippen molar-refractivity contribution in [2.75, 3.05) is 71.0 Å². The van der Waals surface area contributed by atoms with Crippen LogP contribution in [0.2, 0.25) is 0 Å². The van der Waals surface area contributed by atoms with Crippen LogP contribution in [0.15, 0.2) is 29.3 Å². The average molecular weight is 404 g/mol. The molecule has 0 atom stereocenters. The molecule has 29 heavy (non-hydrogen) atoms. The number of nitrogens with zero attached hydrogens (tertiary/aromatic N) is 3. The molecule has 0 amide bonds. The van der Waals surface area contributed by atoms with Crippen molar-refractivity contribution in [1.29, 1.82) is 0 Å². The van der Waals surface area contributed by atoms with Gasteiger partial charge in [0.15, 0.2) is 5.96 Å². The molecule has 0 radical (unpaired) electrons. The summed E-state index contributed by atoms with van der Waals surface area (Å²) < 4.78 is 5.36. The van der Waals surface area contributed by atoms with Crippen LogP contribution in [0.25, 0.3) is 0 Å². The van der Waals surface area contributed by atoms with Crippen LogP contribution in [0, 0.1) is 6.92 Å². The molecule has 0 spiro atoms. The monoisotopic (exact) mass is 403 g/mol. The molecule has 0 bridgehead atoms. The Balaban J connectivity index is 1.50. The lowest BCUT2D eigenvalue weighted by atomic mass is 10.2. The van der Waals surface area contributed by atoms with Crippen molar-refractivity contribution in [2.24, 2.45) is 4.99 Å². The third kappa shape index (κ3) is 9.50. The molecule has 2 N–H and O–H groups in total. The van der Waals surface area contributed by atoms with Gasteiger partial charge in [-0.2, -0.15) is 0 Å². The third-order valence-corrected chi connectivity index (χ3v) is 5.37. The first-order chi connectivity index (χ1) is 14.2. The molecule has 1 saturated heterocycles. The molecule has 1 aromatic rings. The summed E-state index contributed by atoms with van der Waals surface area (Å²) >= 11 is 0. The fourth-order valence-corrected chi connectivity index (χ4v) is 3.62. The summed E-state index contributed by atoms with van der Waals surface area (Å²) in [5.41, 5.74) is 2.71. The fraction of sp³-hybridized carbons (Fsp3) is 0.696. The summed E-state index contributed by atoms with van der Waals surface area (Å²) in [4.78, 5) is 9.40. The Labute approximate surface area is 177 Å². The number of nitrogens with one attached hydrogen (secondary N) is 2. The Morgan fingerprint density at radius 2 is 1.76 bits per heavy atom. The lowest BCUT2D eigenvalue weighted by Crippen LogP contribution is -2.46. The van der Waals surface area contributed by atoms with Crippen LogP contribution in [0.3, 0.4) is 0 Å². The van der Waals surface area contributed by atoms with E-state index >= 15 is 0 Å². The highest BCUT2D eigenvalue weighted by Crippen LogP contribution is 2.17. The molecule has 1 aliphatic rings. The first-order valence-corrected chi connectivity index (χ1v) is 11.3. The van der Waals surface area contributed by atoms with Crippen molar-refractivity contribution in [3.63, 3.8) is 0 Å². The number of aliphatic imine (C=N–C) groups is 1. The number of anilines is 1. The molecular weight excluding hydrogens is 362 g/mol. The minimum atomic E-state index is 0.805. The van der Waals surface area contributed by atoms with Gasteiger partial charge in [-0.3, -0.25) is 9.89 Å². The normalized spacial score (nSPS) is 15.6. The van der Waals surface area contributed by atoms with Gasteiger partial charge in [-0.1, -0.05) is 12.1 Å². The summed E-state index contributed by atoms with van der Waals surface area (Å²) in [6.07, 6.45) is 4.59. The van der Waals surface area contributed by atoms with Crippen LogP contribution in [-0.4, -0.2) is 76.9 Å². The fourth-order valence-electron chi connectivity index (χ4n) is 3.62. The number of piperazine rings is 1. The summed E-state index contributed by atoms with van der Waals surface area (Å²) in [5, 5.41) is 6.80. The molecule has 0 aromatic heterocycles. The van der Waals surface area contributed by atoms with Crippen LogP contribution >= 0.6 is 0 Å². The Morgan fingerprint density at radius 3 is 2.41 bits per heavy atom. The van der Waals surface area contributed by atoms with E-state index in [-0.39, 0.29) is 0 Å². The van der Waals surface area contributed by atoms with Crippen LogP contribution in [-0.2, 0) is 4.74 Å². The van der Waals surface area contributed by atoms with Crippen molar-refractivity contribution in [3.8, 4) is 0 Å². The van der Waals surface area contributed by atoms with E-state index in [1.807, 2.05) is 14.0 Å². The number of hydrogen-bond donors (Lipinski definition) is 2. The van der Waals surface area contributed by atoms with Crippen LogP contribution in [0.5, 0.6) is 0 Å². The molecule has 1 aromatic carbocycles. The maximum atomic E-state index is 5.36. The van der Waals surface area contributed by atoms with E-state index in [1.165, 1.54) is 30.6 Å². The van der Waals surface area contributed by atoms with Gasteiger partial charge in [0.2, 0.25) is 0 Å². The zero-order valence-corrected chi connectivity index (χ0v) is 18.8. The number of ether oxygens (including phenoxy) is 1. The second-order valence-electron chi connectivity index (χ2n) is 7.70. The third-order valence-electron chi connectivity index (χ3n) is 5.37. The summed E-state index contributed by atoms with van der Waals surface area (Å²) in [6.45, 7) is 13.5. The standard InChI is InChI=1S/C23H41N5O/c1-4-29-19-8-6-13-26-23(24-3)25-12-5-7-14-27-15-17-28(18-16-27)22-11-9-10-21(2)20-22/h9-11,20H,4-8,12-19H2,1-3H3,(H2,24,25,26). The molecule has 6 heteroatoms. The predicted molar refractivity (Wildman–Crippen MR) is 124 cm³/mol. The highest BCUT2D eigenvalue weighted by Gasteiger charge is 2.16. The van der Waals surface area contributed by atoms with Crippen molar-refractivity contribution in [3.05, 3.63) is 29.8 Å². The molecule has 0 aliphatic carbocycles. The zero-order chi connectivity index (χ0) is 20.7. The second kappa shape index (κ2) is 14.2. The molecule has 6 nitrogen and oxygen atoms in total. The van der Waals surface area contributed by atoms with E-state index in [2.05, 4.69) is 56.6 Å². The maximum Gasteiger partial charge on any atom is 0.190 e. The average Bonchev–Trinajstić information content (AvgIpc) is 2.75. The van der Waals surface area contributed by atoms with Crippen molar-refractivity contribution in [2.45, 2.75) is 39.5 Å². The van der Waals surface area contributed by atoms with Gasteiger partial charge in [0.25, 0.3) is 0 Å². The number of rotatable bonds is 12. The van der Waals surface area contributed by atoms with Gasteiger partial charge in [-0.05, 0) is 63.8 Å². The number of benzene rings is 1. The molecule has 2 rings (SSSR count). The largest absolute Gasteiger partial charge is 0.382 e. The van der Waals surface area contributed by atoms with E-state index < -0.39 is 0 Å². The molecule has 0 saturated carbocycles. The minimum absolute atomic E-state index is 0.805. The molecular formula is C23H41N5O. The van der Waals surface area contributed by atoms with Crippen LogP contribution < -0.4 is 15.5 Å². The number of hydrogen-bond acceptors (Lipinski definition) is 4. The van der Waals surface area contributed by atoms with Crippen molar-refractivity contribution < 1.29 is 4.74 Å². The highest BCUT2D eigenvalue weighted by atomic mass is 16.5. The van der Waals surface area contributed by atoms with Gasteiger partial charge < -0.3 is 20.3 Å². The predicted octanol–water partition coefficient (Wildman–Crippen LogP) is 2.88. The van der Waals surface area contributed by atoms with E-state index in [1.54, 1.807) is 0 Å². The topological polar surface area (TPSA) is 52.1 Å². The number of unbranched alkanes of at least 4 members (excludes halogenated alkanes) is 2. The Kier molecular flexibility index (Phi) is 11.5. The van der Waals surface area contributed by atoms with Crippen LogP contribution in [0.1, 0.15) is 38.2 Å². The quantitative estimate of drug-likeness (QED) is 0.319. The Hall–Kier alpha value is -1.79. The van der Waals surface area contributed by atoms with Gasteiger partial charge in [0.05, 0.1) is 0 Å².